The van der Waals surface area contributed by atoms with Crippen molar-refractivity contribution in [2.45, 2.75) is 6.42 Å². The summed E-state index contributed by atoms with van der Waals surface area (Å²) in [5.74, 6) is 1.99. The molecular weight excluding hydrogens is 175 g/mol. The van der Waals surface area contributed by atoms with Crippen LogP contribution in [0.2, 0.25) is 0 Å². The molecule has 0 radical (unpaired) electrons. The predicted molar refractivity (Wildman–Crippen MR) is 51.5 cm³/mol. The van der Waals surface area contributed by atoms with Gasteiger partial charge in [0, 0.05) is 12.0 Å². The van der Waals surface area contributed by atoms with E-state index in [1.807, 2.05) is 6.08 Å². The normalized spacial score (nSPS) is 32.2. The second-order valence-electron chi connectivity index (χ2n) is 3.19. The van der Waals surface area contributed by atoms with Crippen LogP contribution in [0.15, 0.2) is 23.4 Å². The highest BCUT2D eigenvalue weighted by molar-refractivity contribution is 8.15. The van der Waals surface area contributed by atoms with Crippen LogP contribution in [0.3, 0.4) is 0 Å². The van der Waals surface area contributed by atoms with E-state index in [0.29, 0.717) is 6.54 Å². The lowest BCUT2D eigenvalue weighted by Crippen LogP contribution is -2.21. The first-order chi connectivity index (χ1) is 5.75. The van der Waals surface area contributed by atoms with E-state index in [9.17, 15) is 4.48 Å². The van der Waals surface area contributed by atoms with Crippen molar-refractivity contribution in [1.29, 1.82) is 0 Å². The molecule has 0 saturated carbocycles. The van der Waals surface area contributed by atoms with E-state index in [2.05, 4.69) is 0 Å². The fourth-order valence-electron chi connectivity index (χ4n) is 1.60. The maximum atomic E-state index is 12.8. The molecule has 0 bridgehead atoms. The SMILES string of the molecule is N[SH]1CCC2=CCN(F)C=C2C1. The first-order valence-corrected chi connectivity index (χ1v) is 5.86. The quantitative estimate of drug-likeness (QED) is 0.443. The van der Waals surface area contributed by atoms with Crippen molar-refractivity contribution < 1.29 is 4.48 Å². The van der Waals surface area contributed by atoms with Gasteiger partial charge in [-0.3, -0.25) is 5.14 Å². The van der Waals surface area contributed by atoms with Crippen molar-refractivity contribution >= 4 is 11.1 Å². The number of nitrogens with zero attached hydrogens (tertiary/aromatic N) is 1. The number of thiol groups is 1. The number of halogens is 1. The van der Waals surface area contributed by atoms with Gasteiger partial charge in [-0.05, 0) is 23.3 Å². The highest BCUT2D eigenvalue weighted by atomic mass is 32.2. The van der Waals surface area contributed by atoms with Gasteiger partial charge in [0.25, 0.3) is 0 Å². The highest BCUT2D eigenvalue weighted by Crippen LogP contribution is 2.35. The van der Waals surface area contributed by atoms with Crippen molar-refractivity contribution in [3.63, 3.8) is 0 Å². The van der Waals surface area contributed by atoms with Crippen molar-refractivity contribution in [2.24, 2.45) is 5.14 Å². The van der Waals surface area contributed by atoms with E-state index in [1.54, 1.807) is 6.20 Å². The summed E-state index contributed by atoms with van der Waals surface area (Å²) in [5.41, 5.74) is 2.43. The Kier molecular flexibility index (Phi) is 2.11. The maximum Gasteiger partial charge on any atom is 0.0685 e. The summed E-state index contributed by atoms with van der Waals surface area (Å²) in [6.45, 7) is 0.404. The smallest absolute Gasteiger partial charge is 0.0685 e. The number of nitrogens with two attached hydrogens (primary N) is 1. The lowest BCUT2D eigenvalue weighted by molar-refractivity contribution is 0.103. The zero-order chi connectivity index (χ0) is 8.55. The Morgan fingerprint density at radius 1 is 1.50 bits per heavy atom. The molecule has 0 aromatic rings. The summed E-state index contributed by atoms with van der Waals surface area (Å²) < 4.78 is 12.8. The molecular formula is C8H13FN2S. The summed E-state index contributed by atoms with van der Waals surface area (Å²) in [6, 6.07) is 0. The third-order valence-electron chi connectivity index (χ3n) is 2.26. The van der Waals surface area contributed by atoms with E-state index in [1.165, 1.54) is 5.57 Å². The summed E-state index contributed by atoms with van der Waals surface area (Å²) in [6.07, 6.45) is 4.61. The van der Waals surface area contributed by atoms with Crippen molar-refractivity contribution in [3.8, 4) is 0 Å². The molecule has 1 saturated heterocycles. The van der Waals surface area contributed by atoms with Gasteiger partial charge >= 0.3 is 0 Å². The summed E-state index contributed by atoms with van der Waals surface area (Å²) in [7, 11) is 0. The minimum Gasteiger partial charge on any atom is -0.296 e. The van der Waals surface area contributed by atoms with Crippen LogP contribution >= 0.6 is 11.1 Å². The number of rotatable bonds is 0. The van der Waals surface area contributed by atoms with Crippen molar-refractivity contribution in [2.75, 3.05) is 18.1 Å². The molecule has 4 heteroatoms. The molecule has 1 atom stereocenters. The lowest BCUT2D eigenvalue weighted by Gasteiger charge is -2.29. The van der Waals surface area contributed by atoms with Crippen LogP contribution in [-0.4, -0.2) is 23.2 Å². The molecule has 1 fully saturated rings. The Bertz CT molecular complexity index is 249. The van der Waals surface area contributed by atoms with E-state index < -0.39 is 0 Å². The van der Waals surface area contributed by atoms with E-state index >= 15 is 0 Å². The van der Waals surface area contributed by atoms with Crippen LogP contribution in [-0.2, 0) is 0 Å². The Hall–Kier alpha value is -0.480. The van der Waals surface area contributed by atoms with E-state index in [4.69, 9.17) is 5.14 Å². The van der Waals surface area contributed by atoms with Gasteiger partial charge in [0.1, 0.15) is 0 Å². The average molecular weight is 188 g/mol. The molecule has 2 rings (SSSR count). The van der Waals surface area contributed by atoms with Gasteiger partial charge in [-0.15, -0.1) is 4.48 Å². The molecule has 2 aliphatic rings. The van der Waals surface area contributed by atoms with Crippen LogP contribution in [0.1, 0.15) is 6.42 Å². The van der Waals surface area contributed by atoms with Gasteiger partial charge in [0.05, 0.1) is 6.54 Å². The third-order valence-corrected chi connectivity index (χ3v) is 3.81. The largest absolute Gasteiger partial charge is 0.296 e. The lowest BCUT2D eigenvalue weighted by atomic mass is 10.0. The molecule has 2 N–H and O–H groups in total. The number of allylic oxidation sites excluding steroid dienone is 1. The van der Waals surface area contributed by atoms with Crippen LogP contribution < -0.4 is 5.14 Å². The molecule has 1 unspecified atom stereocenters. The molecule has 0 aliphatic carbocycles. The Balaban J connectivity index is 2.18. The number of hydrogen-bond acceptors (Lipinski definition) is 2. The Morgan fingerprint density at radius 2 is 2.33 bits per heavy atom. The van der Waals surface area contributed by atoms with Crippen molar-refractivity contribution in [3.05, 3.63) is 23.4 Å². The fourth-order valence-corrected chi connectivity index (χ4v) is 3.01. The first-order valence-electron chi connectivity index (χ1n) is 4.08. The minimum atomic E-state index is -0.357. The monoisotopic (exact) mass is 188 g/mol. The fraction of sp³-hybridized carbons (Fsp3) is 0.500. The minimum absolute atomic E-state index is 0.357. The van der Waals surface area contributed by atoms with E-state index in [0.717, 1.165) is 28.6 Å². The Labute approximate surface area is 74.3 Å². The molecule has 0 spiro atoms. The molecule has 2 heterocycles. The zero-order valence-electron chi connectivity index (χ0n) is 6.83. The summed E-state index contributed by atoms with van der Waals surface area (Å²) in [4.78, 5) is 0. The van der Waals surface area contributed by atoms with Gasteiger partial charge in [-0.1, -0.05) is 6.08 Å². The number of fused-ring (bicyclic) bond motifs is 1. The average Bonchev–Trinajstić information content (AvgIpc) is 2.03. The molecule has 0 aromatic carbocycles. The van der Waals surface area contributed by atoms with Crippen LogP contribution in [0.25, 0.3) is 0 Å². The number of hydrogen-bond donors (Lipinski definition) is 2. The second-order valence-corrected chi connectivity index (χ2v) is 5.13. The molecule has 2 nitrogen and oxygen atoms in total. The first kappa shape index (κ1) is 8.13. The second kappa shape index (κ2) is 3.11. The van der Waals surface area contributed by atoms with Crippen LogP contribution in [0, 0.1) is 0 Å². The van der Waals surface area contributed by atoms with Gasteiger partial charge in [-0.25, -0.2) is 16.2 Å². The molecule has 12 heavy (non-hydrogen) atoms. The summed E-state index contributed by atoms with van der Waals surface area (Å²) >= 11 is -0.357. The highest BCUT2D eigenvalue weighted by Gasteiger charge is 2.19. The van der Waals surface area contributed by atoms with Crippen LogP contribution in [0.5, 0.6) is 0 Å². The maximum absolute atomic E-state index is 12.8. The van der Waals surface area contributed by atoms with Crippen LogP contribution in [0.4, 0.5) is 4.48 Å². The predicted octanol–water partition coefficient (Wildman–Crippen LogP) is 1.28. The molecule has 68 valence electrons. The molecule has 0 aromatic heterocycles. The van der Waals surface area contributed by atoms with Gasteiger partial charge in [-0.2, -0.15) is 0 Å². The van der Waals surface area contributed by atoms with E-state index in [-0.39, 0.29) is 11.1 Å². The summed E-state index contributed by atoms with van der Waals surface area (Å²) in [5, 5.41) is 6.57. The van der Waals surface area contributed by atoms with Gasteiger partial charge in [0.15, 0.2) is 0 Å². The molecule has 0 amide bonds. The zero-order valence-corrected chi connectivity index (χ0v) is 7.73. The third kappa shape index (κ3) is 1.49. The van der Waals surface area contributed by atoms with Crippen molar-refractivity contribution in [1.82, 2.24) is 5.12 Å². The van der Waals surface area contributed by atoms with Gasteiger partial charge in [0.2, 0.25) is 0 Å². The topological polar surface area (TPSA) is 29.3 Å². The molecule has 2 aliphatic heterocycles. The van der Waals surface area contributed by atoms with Gasteiger partial charge < -0.3 is 0 Å². The standard InChI is InChI=1S/C8H13FN2S/c9-11-3-1-7-2-4-12(10)6-8(7)5-11/h1,5,12H,2-4,6,10H2. The Morgan fingerprint density at radius 3 is 3.17 bits per heavy atom.